The smallest absolute Gasteiger partial charge is 0.321 e. The molecule has 0 aliphatic carbocycles. The fourth-order valence-corrected chi connectivity index (χ4v) is 4.40. The first kappa shape index (κ1) is 24.8. The van der Waals surface area contributed by atoms with E-state index in [1.807, 2.05) is 49.6 Å². The van der Waals surface area contributed by atoms with Gasteiger partial charge in [-0.15, -0.1) is 11.3 Å². The van der Waals surface area contributed by atoms with E-state index in [4.69, 9.17) is 0 Å². The third-order valence-electron chi connectivity index (χ3n) is 6.29. The van der Waals surface area contributed by atoms with Gasteiger partial charge in [0, 0.05) is 24.8 Å². The van der Waals surface area contributed by atoms with Crippen molar-refractivity contribution in [1.29, 1.82) is 0 Å². The number of aryl methyl sites for hydroxylation is 1. The highest BCUT2D eigenvalue weighted by Crippen LogP contribution is 2.23. The SMILES string of the molecule is Cc1ccc(NC(=O)N2CCC([C@@H](NC(=O)c3cccs3)C(=O)N[C@H](C)C(C)C)CC2)cc1. The largest absolute Gasteiger partial charge is 0.352 e. The molecule has 0 spiro atoms. The number of benzene rings is 1. The molecule has 1 aliphatic rings. The average molecular weight is 471 g/mol. The molecule has 1 aromatic carbocycles. The number of carbonyl (C=O) groups is 3. The van der Waals surface area contributed by atoms with Crippen LogP contribution >= 0.6 is 11.3 Å². The van der Waals surface area contributed by atoms with Gasteiger partial charge in [0.05, 0.1) is 4.88 Å². The molecule has 2 heterocycles. The summed E-state index contributed by atoms with van der Waals surface area (Å²) >= 11 is 1.35. The number of amides is 4. The van der Waals surface area contributed by atoms with E-state index in [9.17, 15) is 14.4 Å². The van der Waals surface area contributed by atoms with Crippen molar-refractivity contribution in [3.63, 3.8) is 0 Å². The number of hydrogen-bond donors (Lipinski definition) is 3. The Labute approximate surface area is 199 Å². The summed E-state index contributed by atoms with van der Waals surface area (Å²) in [6.07, 6.45) is 1.28. The van der Waals surface area contributed by atoms with Gasteiger partial charge in [-0.2, -0.15) is 0 Å². The molecule has 1 saturated heterocycles. The number of piperidine rings is 1. The predicted molar refractivity (Wildman–Crippen MR) is 133 cm³/mol. The van der Waals surface area contributed by atoms with Gasteiger partial charge in [0.15, 0.2) is 0 Å². The third kappa shape index (κ3) is 6.81. The molecular formula is C25H34N4O3S. The van der Waals surface area contributed by atoms with Crippen LogP contribution in [-0.2, 0) is 4.79 Å². The fourth-order valence-electron chi connectivity index (χ4n) is 3.77. The lowest BCUT2D eigenvalue weighted by molar-refractivity contribution is -0.125. The van der Waals surface area contributed by atoms with E-state index in [0.29, 0.717) is 30.8 Å². The van der Waals surface area contributed by atoms with Crippen molar-refractivity contribution in [3.8, 4) is 0 Å². The lowest BCUT2D eigenvalue weighted by Crippen LogP contribution is -2.55. The summed E-state index contributed by atoms with van der Waals surface area (Å²) in [7, 11) is 0. The number of urea groups is 1. The van der Waals surface area contributed by atoms with Gasteiger partial charge >= 0.3 is 6.03 Å². The predicted octanol–water partition coefficient (Wildman–Crippen LogP) is 4.26. The van der Waals surface area contributed by atoms with Crippen molar-refractivity contribution < 1.29 is 14.4 Å². The average Bonchev–Trinajstić information content (AvgIpc) is 3.34. The van der Waals surface area contributed by atoms with Gasteiger partial charge in [-0.1, -0.05) is 37.6 Å². The van der Waals surface area contributed by atoms with Crippen molar-refractivity contribution in [2.24, 2.45) is 11.8 Å². The summed E-state index contributed by atoms with van der Waals surface area (Å²) < 4.78 is 0. The molecule has 8 heteroatoms. The molecule has 7 nitrogen and oxygen atoms in total. The van der Waals surface area contributed by atoms with E-state index in [1.165, 1.54) is 11.3 Å². The van der Waals surface area contributed by atoms with Gasteiger partial charge in [0.1, 0.15) is 6.04 Å². The summed E-state index contributed by atoms with van der Waals surface area (Å²) in [5.74, 6) is -0.155. The minimum atomic E-state index is -0.636. The Morgan fingerprint density at radius 3 is 2.24 bits per heavy atom. The molecule has 0 bridgehead atoms. The number of anilines is 1. The Bertz CT molecular complexity index is 935. The first-order chi connectivity index (χ1) is 15.7. The summed E-state index contributed by atoms with van der Waals surface area (Å²) in [6, 6.07) is 10.5. The van der Waals surface area contributed by atoms with Crippen LogP contribution in [0.4, 0.5) is 10.5 Å². The Balaban J connectivity index is 1.63. The van der Waals surface area contributed by atoms with Crippen LogP contribution in [0.15, 0.2) is 41.8 Å². The summed E-state index contributed by atoms with van der Waals surface area (Å²) in [5, 5.41) is 10.8. The maximum absolute atomic E-state index is 13.1. The molecule has 3 N–H and O–H groups in total. The van der Waals surface area contributed by atoms with Crippen molar-refractivity contribution in [2.75, 3.05) is 18.4 Å². The molecule has 3 rings (SSSR count). The highest BCUT2D eigenvalue weighted by molar-refractivity contribution is 7.12. The molecule has 0 unspecified atom stereocenters. The molecule has 178 valence electrons. The van der Waals surface area contributed by atoms with Crippen LogP contribution in [0.5, 0.6) is 0 Å². The van der Waals surface area contributed by atoms with Gasteiger partial charge in [0.25, 0.3) is 5.91 Å². The van der Waals surface area contributed by atoms with Crippen molar-refractivity contribution in [3.05, 3.63) is 52.2 Å². The fraction of sp³-hybridized carbons (Fsp3) is 0.480. The van der Waals surface area contributed by atoms with Crippen molar-refractivity contribution in [2.45, 2.75) is 52.6 Å². The number of likely N-dealkylation sites (tertiary alicyclic amines) is 1. The van der Waals surface area contributed by atoms with Crippen LogP contribution in [0.3, 0.4) is 0 Å². The van der Waals surface area contributed by atoms with Crippen LogP contribution in [-0.4, -0.2) is 47.9 Å². The van der Waals surface area contributed by atoms with Gasteiger partial charge < -0.3 is 20.9 Å². The Hall–Kier alpha value is -2.87. The van der Waals surface area contributed by atoms with E-state index >= 15 is 0 Å². The van der Waals surface area contributed by atoms with Crippen LogP contribution < -0.4 is 16.0 Å². The lowest BCUT2D eigenvalue weighted by atomic mass is 9.88. The summed E-state index contributed by atoms with van der Waals surface area (Å²) in [6.45, 7) is 9.13. The summed E-state index contributed by atoms with van der Waals surface area (Å²) in [5.41, 5.74) is 1.89. The molecule has 2 atom stereocenters. The quantitative estimate of drug-likeness (QED) is 0.565. The minimum Gasteiger partial charge on any atom is -0.352 e. The first-order valence-corrected chi connectivity index (χ1v) is 12.4. The first-order valence-electron chi connectivity index (χ1n) is 11.5. The molecule has 4 amide bonds. The molecule has 1 aliphatic heterocycles. The van der Waals surface area contributed by atoms with E-state index in [2.05, 4.69) is 29.8 Å². The van der Waals surface area contributed by atoms with Crippen LogP contribution in [0.25, 0.3) is 0 Å². The standard InChI is InChI=1S/C25H34N4O3S/c1-16(2)18(4)26-24(31)22(28-23(30)21-6-5-15-33-21)19-11-13-29(14-12-19)25(32)27-20-9-7-17(3)8-10-20/h5-10,15-16,18-19,22H,11-14H2,1-4H3,(H,26,31)(H,27,32)(H,28,30)/t18-,22-/m1/s1. The third-order valence-corrected chi connectivity index (χ3v) is 7.15. The monoisotopic (exact) mass is 470 g/mol. The van der Waals surface area contributed by atoms with Gasteiger partial charge in [-0.25, -0.2) is 4.79 Å². The molecule has 0 saturated carbocycles. The van der Waals surface area contributed by atoms with E-state index in [0.717, 1.165) is 11.3 Å². The zero-order valence-corrected chi connectivity index (χ0v) is 20.6. The second kappa shape index (κ2) is 11.3. The maximum Gasteiger partial charge on any atom is 0.321 e. The van der Waals surface area contributed by atoms with Gasteiger partial charge in [-0.3, -0.25) is 9.59 Å². The number of thiophene rings is 1. The minimum absolute atomic E-state index is 0.000911. The molecule has 33 heavy (non-hydrogen) atoms. The van der Waals surface area contributed by atoms with Gasteiger partial charge in [-0.05, 0) is 62.1 Å². The van der Waals surface area contributed by atoms with Crippen LogP contribution in [0.1, 0.15) is 48.8 Å². The summed E-state index contributed by atoms with van der Waals surface area (Å²) in [4.78, 5) is 40.9. The second-order valence-electron chi connectivity index (χ2n) is 9.09. The topological polar surface area (TPSA) is 90.5 Å². The Morgan fingerprint density at radius 2 is 1.67 bits per heavy atom. The van der Waals surface area contributed by atoms with Crippen LogP contribution in [0.2, 0.25) is 0 Å². The maximum atomic E-state index is 13.1. The number of carbonyl (C=O) groups excluding carboxylic acids is 3. The Kier molecular flexibility index (Phi) is 8.49. The zero-order valence-electron chi connectivity index (χ0n) is 19.8. The number of nitrogens with zero attached hydrogens (tertiary/aromatic N) is 1. The Morgan fingerprint density at radius 1 is 1.00 bits per heavy atom. The number of hydrogen-bond acceptors (Lipinski definition) is 4. The number of nitrogens with one attached hydrogen (secondary N) is 3. The highest BCUT2D eigenvalue weighted by Gasteiger charge is 2.34. The molecular weight excluding hydrogens is 436 g/mol. The lowest BCUT2D eigenvalue weighted by Gasteiger charge is -2.36. The highest BCUT2D eigenvalue weighted by atomic mass is 32.1. The second-order valence-corrected chi connectivity index (χ2v) is 10.0. The van der Waals surface area contributed by atoms with E-state index in [1.54, 1.807) is 11.0 Å². The molecule has 0 radical (unpaired) electrons. The van der Waals surface area contributed by atoms with Gasteiger partial charge in [0.2, 0.25) is 5.91 Å². The van der Waals surface area contributed by atoms with Crippen molar-refractivity contribution >= 4 is 34.9 Å². The molecule has 1 aromatic heterocycles. The van der Waals surface area contributed by atoms with E-state index < -0.39 is 6.04 Å². The normalized spacial score (nSPS) is 16.2. The zero-order chi connectivity index (χ0) is 24.0. The van der Waals surface area contributed by atoms with E-state index in [-0.39, 0.29) is 35.7 Å². The van der Waals surface area contributed by atoms with Crippen LogP contribution in [0, 0.1) is 18.8 Å². The number of rotatable bonds is 7. The van der Waals surface area contributed by atoms with Crippen molar-refractivity contribution in [1.82, 2.24) is 15.5 Å². The molecule has 2 aromatic rings. The molecule has 1 fully saturated rings.